The molecule has 3 N–H and O–H groups in total. The normalized spacial score (nSPS) is 60.1. The number of carbonyl (C=O) groups excluding carboxylic acids is 3. The molecule has 30 heavy (non-hydrogen) atoms. The first kappa shape index (κ1) is 19.0. The summed E-state index contributed by atoms with van der Waals surface area (Å²) >= 11 is 0. The first-order chi connectivity index (χ1) is 13.8. The molecule has 0 aromatic rings. The Bertz CT molecular complexity index is 925. The van der Waals surface area contributed by atoms with Crippen LogP contribution in [0.15, 0.2) is 0 Å². The van der Waals surface area contributed by atoms with Gasteiger partial charge >= 0.3 is 17.9 Å². The molecule has 10 heteroatoms. The molecule has 10 nitrogen and oxygen atoms in total. The quantitative estimate of drug-likeness (QED) is 0.314. The van der Waals surface area contributed by atoms with E-state index in [4.69, 9.17) is 18.9 Å². The molecule has 2 aliphatic carbocycles. The molecule has 6 fully saturated rings. The molecule has 2 saturated carbocycles. The number of fused-ring (bicyclic) bond motifs is 1. The minimum absolute atomic E-state index is 0.229. The van der Waals surface area contributed by atoms with Gasteiger partial charge in [0, 0.05) is 0 Å². The van der Waals surface area contributed by atoms with Gasteiger partial charge in [-0.05, 0) is 24.7 Å². The van der Waals surface area contributed by atoms with Crippen molar-refractivity contribution in [1.82, 2.24) is 0 Å². The summed E-state index contributed by atoms with van der Waals surface area (Å²) in [5, 5.41) is 34.7. The van der Waals surface area contributed by atoms with Gasteiger partial charge in [-0.2, -0.15) is 0 Å². The summed E-state index contributed by atoms with van der Waals surface area (Å²) in [5.74, 6) is -4.32. The first-order valence-corrected chi connectivity index (χ1v) is 10.2. The van der Waals surface area contributed by atoms with Gasteiger partial charge in [0.15, 0.2) is 17.8 Å². The fourth-order valence-corrected chi connectivity index (χ4v) is 8.12. The van der Waals surface area contributed by atoms with Gasteiger partial charge in [0.25, 0.3) is 0 Å². The second kappa shape index (κ2) is 4.69. The van der Waals surface area contributed by atoms with Crippen molar-refractivity contribution in [1.29, 1.82) is 0 Å². The van der Waals surface area contributed by atoms with Gasteiger partial charge in [-0.1, -0.05) is 20.8 Å². The number of esters is 3. The fourth-order valence-electron chi connectivity index (χ4n) is 8.12. The number of hydrogen-bond donors (Lipinski definition) is 3. The van der Waals surface area contributed by atoms with Crippen LogP contribution in [0.4, 0.5) is 0 Å². The van der Waals surface area contributed by atoms with Gasteiger partial charge in [0.1, 0.15) is 12.2 Å². The lowest BCUT2D eigenvalue weighted by atomic mass is 9.51. The van der Waals surface area contributed by atoms with E-state index in [1.54, 1.807) is 0 Å². The predicted molar refractivity (Wildman–Crippen MR) is 92.0 cm³/mol. The van der Waals surface area contributed by atoms with E-state index in [1.807, 2.05) is 20.8 Å². The number of rotatable bonds is 0. The van der Waals surface area contributed by atoms with Crippen LogP contribution in [-0.4, -0.2) is 75.1 Å². The van der Waals surface area contributed by atoms with Crippen LogP contribution < -0.4 is 0 Å². The molecule has 0 amide bonds. The van der Waals surface area contributed by atoms with E-state index in [0.29, 0.717) is 0 Å². The van der Waals surface area contributed by atoms with E-state index in [2.05, 4.69) is 0 Å². The van der Waals surface area contributed by atoms with Crippen molar-refractivity contribution < 1.29 is 48.7 Å². The Hall–Kier alpha value is -1.75. The maximum Gasteiger partial charge on any atom is 0.343 e. The molecule has 2 spiro atoms. The lowest BCUT2D eigenvalue weighted by Gasteiger charge is -2.47. The van der Waals surface area contributed by atoms with Crippen LogP contribution >= 0.6 is 0 Å². The largest absolute Gasteiger partial charge is 0.459 e. The van der Waals surface area contributed by atoms with E-state index in [9.17, 15) is 29.7 Å². The third-order valence-electron chi connectivity index (χ3n) is 9.00. The van der Waals surface area contributed by atoms with Crippen LogP contribution in [0, 0.1) is 28.1 Å². The zero-order valence-corrected chi connectivity index (χ0v) is 16.9. The van der Waals surface area contributed by atoms with E-state index in [1.165, 1.54) is 6.92 Å². The number of aliphatic hydroxyl groups is 3. The molecule has 0 aromatic carbocycles. The Balaban J connectivity index is 1.72. The molecule has 0 aromatic heterocycles. The van der Waals surface area contributed by atoms with Gasteiger partial charge < -0.3 is 34.3 Å². The molecule has 6 aliphatic rings. The Kier molecular flexibility index (Phi) is 2.97. The second-order valence-corrected chi connectivity index (χ2v) is 10.7. The number of ether oxygens (including phenoxy) is 4. The molecule has 0 radical (unpaired) electrons. The van der Waals surface area contributed by atoms with Crippen molar-refractivity contribution in [2.75, 3.05) is 0 Å². The Morgan fingerprint density at radius 3 is 2.33 bits per heavy atom. The van der Waals surface area contributed by atoms with Crippen LogP contribution in [-0.2, 0) is 33.3 Å². The minimum atomic E-state index is -2.24. The lowest BCUT2D eigenvalue weighted by Crippen LogP contribution is -2.67. The van der Waals surface area contributed by atoms with Crippen LogP contribution in [0.5, 0.6) is 0 Å². The summed E-state index contributed by atoms with van der Waals surface area (Å²) in [6.45, 7) is 7.14. The van der Waals surface area contributed by atoms with E-state index < -0.39 is 87.9 Å². The average molecular weight is 424 g/mol. The maximum atomic E-state index is 13.4. The van der Waals surface area contributed by atoms with Crippen molar-refractivity contribution in [2.24, 2.45) is 28.1 Å². The summed E-state index contributed by atoms with van der Waals surface area (Å²) in [6, 6.07) is 0. The monoisotopic (exact) mass is 424 g/mol. The van der Waals surface area contributed by atoms with Gasteiger partial charge in [-0.25, -0.2) is 9.59 Å². The van der Waals surface area contributed by atoms with E-state index in [-0.39, 0.29) is 6.42 Å². The van der Waals surface area contributed by atoms with Gasteiger partial charge in [-0.3, -0.25) is 4.79 Å². The zero-order chi connectivity index (χ0) is 21.8. The van der Waals surface area contributed by atoms with Crippen LogP contribution in [0.1, 0.15) is 34.1 Å². The lowest BCUT2D eigenvalue weighted by molar-refractivity contribution is -0.239. The SMILES string of the molecule is C[C@@H]1C(=O)O[C@H]2[C@@H](O)[C@@]34[C@H]5CC(C(C)(C)C)C36C(OC(=O)[C@@H]6O)OC4(C(=O)O5)[C@@]12O. The summed E-state index contributed by atoms with van der Waals surface area (Å²) in [4.78, 5) is 38.2. The van der Waals surface area contributed by atoms with Gasteiger partial charge in [-0.15, -0.1) is 0 Å². The Morgan fingerprint density at radius 1 is 1.03 bits per heavy atom. The minimum Gasteiger partial charge on any atom is -0.459 e. The summed E-state index contributed by atoms with van der Waals surface area (Å²) in [6.07, 6.45) is -6.91. The van der Waals surface area contributed by atoms with Crippen molar-refractivity contribution in [3.63, 3.8) is 0 Å². The molecule has 6 rings (SSSR count). The number of aliphatic hydroxyl groups excluding tert-OH is 2. The van der Waals surface area contributed by atoms with Crippen LogP contribution in [0.25, 0.3) is 0 Å². The molecule has 4 unspecified atom stereocenters. The molecule has 4 heterocycles. The van der Waals surface area contributed by atoms with E-state index >= 15 is 0 Å². The molecular weight excluding hydrogens is 400 g/mol. The number of hydrogen-bond acceptors (Lipinski definition) is 10. The first-order valence-electron chi connectivity index (χ1n) is 10.2. The van der Waals surface area contributed by atoms with Crippen LogP contribution in [0.3, 0.4) is 0 Å². The standard InChI is InChI=1S/C20H24O10/c1-6-12(23)28-11-9(21)18-8-5-7(16(2,3)4)17(18)10(22)13(24)29-15(17)30-20(18,14(25)27-8)19(6,11)26/h6-11,15,21-22,26H,5H2,1-4H3/t6-,7?,8-,9-,10+,11+,15?,17?,18+,19-,20?/m1/s1. The number of carbonyl (C=O) groups is 3. The molecule has 164 valence electrons. The fraction of sp³-hybridized carbons (Fsp3) is 0.850. The van der Waals surface area contributed by atoms with Crippen molar-refractivity contribution >= 4 is 17.9 Å². The second-order valence-electron chi connectivity index (χ2n) is 10.7. The Morgan fingerprint density at radius 2 is 1.70 bits per heavy atom. The summed E-state index contributed by atoms with van der Waals surface area (Å²) in [7, 11) is 0. The molecule has 11 atom stereocenters. The third kappa shape index (κ3) is 1.33. The van der Waals surface area contributed by atoms with Crippen molar-refractivity contribution in [3.05, 3.63) is 0 Å². The Labute approximate surface area is 171 Å². The van der Waals surface area contributed by atoms with Crippen molar-refractivity contribution in [2.45, 2.75) is 76.0 Å². The molecule has 0 bridgehead atoms. The third-order valence-corrected chi connectivity index (χ3v) is 9.00. The highest BCUT2D eigenvalue weighted by molar-refractivity contribution is 5.94. The average Bonchev–Trinajstić information content (AvgIpc) is 3.35. The smallest absolute Gasteiger partial charge is 0.343 e. The highest BCUT2D eigenvalue weighted by Gasteiger charge is 3.03. The molecular formula is C20H24O10. The van der Waals surface area contributed by atoms with Gasteiger partial charge in [0.2, 0.25) is 11.9 Å². The topological polar surface area (TPSA) is 149 Å². The molecule has 4 saturated heterocycles. The predicted octanol–water partition coefficient (Wildman–Crippen LogP) is -1.37. The zero-order valence-electron chi connectivity index (χ0n) is 16.9. The maximum absolute atomic E-state index is 13.4. The highest BCUT2D eigenvalue weighted by atomic mass is 16.8. The van der Waals surface area contributed by atoms with Crippen molar-refractivity contribution in [3.8, 4) is 0 Å². The summed E-state index contributed by atoms with van der Waals surface area (Å²) < 4.78 is 22.5. The van der Waals surface area contributed by atoms with Crippen LogP contribution in [0.2, 0.25) is 0 Å². The van der Waals surface area contributed by atoms with Gasteiger partial charge in [0.05, 0.1) is 16.7 Å². The highest BCUT2D eigenvalue weighted by Crippen LogP contribution is 2.84. The molecule has 4 aliphatic heterocycles. The van der Waals surface area contributed by atoms with E-state index in [0.717, 1.165) is 0 Å². The summed E-state index contributed by atoms with van der Waals surface area (Å²) in [5.41, 5.74) is -8.26.